The molecule has 0 saturated heterocycles. The van der Waals surface area contributed by atoms with Gasteiger partial charge in [-0.25, -0.2) is 9.37 Å². The van der Waals surface area contributed by atoms with E-state index in [1.165, 1.54) is 18.9 Å². The smallest absolute Gasteiger partial charge is 0.166 e. The first-order chi connectivity index (χ1) is 8.08. The molecule has 1 heterocycles. The Hall–Kier alpha value is -0.640. The molecule has 1 aromatic heterocycles. The first-order valence-electron chi connectivity index (χ1n) is 6.12. The normalized spacial score (nSPS) is 24.7. The van der Waals surface area contributed by atoms with Crippen LogP contribution in [0.3, 0.4) is 0 Å². The van der Waals surface area contributed by atoms with Crippen LogP contribution in [-0.2, 0) is 0 Å². The first-order valence-corrected chi connectivity index (χ1v) is 6.91. The summed E-state index contributed by atoms with van der Waals surface area (Å²) in [7, 11) is 1.94. The SMILES string of the molecule is CC1CCC(N(C)c2ncc(Br)cc2F)CC1. The third kappa shape index (κ3) is 2.97. The fourth-order valence-corrected chi connectivity index (χ4v) is 2.77. The van der Waals surface area contributed by atoms with E-state index in [9.17, 15) is 4.39 Å². The molecular formula is C13H18BrFN2. The van der Waals surface area contributed by atoms with Crippen molar-refractivity contribution in [3.05, 3.63) is 22.6 Å². The highest BCUT2D eigenvalue weighted by Crippen LogP contribution is 2.30. The minimum Gasteiger partial charge on any atom is -0.354 e. The van der Waals surface area contributed by atoms with E-state index in [0.717, 1.165) is 18.8 Å². The molecule has 0 spiro atoms. The maximum Gasteiger partial charge on any atom is 0.166 e. The van der Waals surface area contributed by atoms with Crippen LogP contribution in [0, 0.1) is 11.7 Å². The van der Waals surface area contributed by atoms with Crippen molar-refractivity contribution < 1.29 is 4.39 Å². The monoisotopic (exact) mass is 300 g/mol. The summed E-state index contributed by atoms with van der Waals surface area (Å²) in [5, 5.41) is 0. The fraction of sp³-hybridized carbons (Fsp3) is 0.615. The average molecular weight is 301 g/mol. The van der Waals surface area contributed by atoms with Gasteiger partial charge in [-0.3, -0.25) is 0 Å². The highest BCUT2D eigenvalue weighted by Gasteiger charge is 2.24. The topological polar surface area (TPSA) is 16.1 Å². The Bertz CT molecular complexity index is 389. The molecule has 1 aliphatic rings. The van der Waals surface area contributed by atoms with Crippen molar-refractivity contribution in [2.75, 3.05) is 11.9 Å². The summed E-state index contributed by atoms with van der Waals surface area (Å²) in [4.78, 5) is 6.17. The predicted molar refractivity (Wildman–Crippen MR) is 71.7 cm³/mol. The second-order valence-electron chi connectivity index (χ2n) is 4.98. The Morgan fingerprint density at radius 3 is 2.59 bits per heavy atom. The Labute approximate surface area is 110 Å². The largest absolute Gasteiger partial charge is 0.354 e. The average Bonchev–Trinajstić information content (AvgIpc) is 2.29. The van der Waals surface area contributed by atoms with Crippen molar-refractivity contribution in [1.82, 2.24) is 4.98 Å². The first kappa shape index (κ1) is 12.8. The molecule has 1 aromatic rings. The molecule has 0 aliphatic heterocycles. The van der Waals surface area contributed by atoms with Crippen LogP contribution in [0.1, 0.15) is 32.6 Å². The van der Waals surface area contributed by atoms with E-state index in [2.05, 4.69) is 27.8 Å². The van der Waals surface area contributed by atoms with E-state index >= 15 is 0 Å². The van der Waals surface area contributed by atoms with Crippen molar-refractivity contribution in [3.8, 4) is 0 Å². The summed E-state index contributed by atoms with van der Waals surface area (Å²) in [5.41, 5.74) is 0. The number of nitrogens with zero attached hydrogens (tertiary/aromatic N) is 2. The van der Waals surface area contributed by atoms with Crippen LogP contribution in [0.5, 0.6) is 0 Å². The van der Waals surface area contributed by atoms with Crippen LogP contribution in [0.2, 0.25) is 0 Å². The summed E-state index contributed by atoms with van der Waals surface area (Å²) in [5.74, 6) is 1.02. The number of pyridine rings is 1. The van der Waals surface area contributed by atoms with Crippen molar-refractivity contribution in [3.63, 3.8) is 0 Å². The highest BCUT2D eigenvalue weighted by molar-refractivity contribution is 9.10. The van der Waals surface area contributed by atoms with Gasteiger partial charge in [-0.2, -0.15) is 0 Å². The highest BCUT2D eigenvalue weighted by atomic mass is 79.9. The van der Waals surface area contributed by atoms with Crippen molar-refractivity contribution in [2.45, 2.75) is 38.6 Å². The molecule has 1 saturated carbocycles. The van der Waals surface area contributed by atoms with Crippen LogP contribution < -0.4 is 4.90 Å². The molecule has 0 atom stereocenters. The van der Waals surface area contributed by atoms with Crippen LogP contribution in [0.15, 0.2) is 16.7 Å². The van der Waals surface area contributed by atoms with E-state index in [1.807, 2.05) is 11.9 Å². The van der Waals surface area contributed by atoms with Crippen LogP contribution in [0.25, 0.3) is 0 Å². The van der Waals surface area contributed by atoms with Gasteiger partial charge in [0.2, 0.25) is 0 Å². The van der Waals surface area contributed by atoms with Gasteiger partial charge in [-0.1, -0.05) is 6.92 Å². The van der Waals surface area contributed by atoms with E-state index in [0.29, 0.717) is 16.3 Å². The Kier molecular flexibility index (Phi) is 4.02. The lowest BCUT2D eigenvalue weighted by Gasteiger charge is -2.34. The van der Waals surface area contributed by atoms with Gasteiger partial charge in [0.05, 0.1) is 0 Å². The lowest BCUT2D eigenvalue weighted by Crippen LogP contribution is -2.35. The molecule has 2 nitrogen and oxygen atoms in total. The quantitative estimate of drug-likeness (QED) is 0.821. The Morgan fingerprint density at radius 2 is 2.00 bits per heavy atom. The number of hydrogen-bond donors (Lipinski definition) is 0. The lowest BCUT2D eigenvalue weighted by molar-refractivity contribution is 0.338. The number of aromatic nitrogens is 1. The van der Waals surface area contributed by atoms with Gasteiger partial charge < -0.3 is 4.90 Å². The number of hydrogen-bond acceptors (Lipinski definition) is 2. The number of rotatable bonds is 2. The summed E-state index contributed by atoms with van der Waals surface area (Å²) in [6.07, 6.45) is 6.38. The molecule has 0 bridgehead atoms. The molecule has 1 aliphatic carbocycles. The molecule has 0 unspecified atom stereocenters. The second-order valence-corrected chi connectivity index (χ2v) is 5.90. The second kappa shape index (κ2) is 5.34. The lowest BCUT2D eigenvalue weighted by atomic mass is 9.87. The molecule has 0 aromatic carbocycles. The van der Waals surface area contributed by atoms with E-state index in [-0.39, 0.29) is 5.82 Å². The zero-order valence-electron chi connectivity index (χ0n) is 10.3. The van der Waals surface area contributed by atoms with Crippen molar-refractivity contribution in [1.29, 1.82) is 0 Å². The zero-order valence-corrected chi connectivity index (χ0v) is 11.9. The molecule has 17 heavy (non-hydrogen) atoms. The standard InChI is InChI=1S/C13H18BrFN2/c1-9-3-5-11(6-4-9)17(2)13-12(15)7-10(14)8-16-13/h7-9,11H,3-6H2,1-2H3. The molecule has 1 fully saturated rings. The molecule has 4 heteroatoms. The molecule has 94 valence electrons. The number of anilines is 1. The van der Waals surface area contributed by atoms with Gasteiger partial charge in [0.15, 0.2) is 11.6 Å². The maximum absolute atomic E-state index is 13.8. The third-order valence-electron chi connectivity index (χ3n) is 3.66. The molecule has 2 rings (SSSR count). The molecule has 0 N–H and O–H groups in total. The van der Waals surface area contributed by atoms with Crippen LogP contribution in [0.4, 0.5) is 10.2 Å². The van der Waals surface area contributed by atoms with Crippen LogP contribution in [-0.4, -0.2) is 18.1 Å². The minimum absolute atomic E-state index is 0.250. The summed E-state index contributed by atoms with van der Waals surface area (Å²) in [6.45, 7) is 2.29. The van der Waals surface area contributed by atoms with Crippen molar-refractivity contribution in [2.24, 2.45) is 5.92 Å². The van der Waals surface area contributed by atoms with Crippen LogP contribution >= 0.6 is 15.9 Å². The van der Waals surface area contributed by atoms with Gasteiger partial charge in [0.1, 0.15) is 0 Å². The summed E-state index contributed by atoms with van der Waals surface area (Å²) < 4.78 is 14.5. The van der Waals surface area contributed by atoms with Crippen molar-refractivity contribution >= 4 is 21.7 Å². The zero-order chi connectivity index (χ0) is 12.4. The molecule has 0 amide bonds. The van der Waals surface area contributed by atoms with E-state index in [4.69, 9.17) is 0 Å². The van der Waals surface area contributed by atoms with E-state index < -0.39 is 0 Å². The van der Waals surface area contributed by atoms with Gasteiger partial charge in [0.25, 0.3) is 0 Å². The minimum atomic E-state index is -0.250. The summed E-state index contributed by atoms with van der Waals surface area (Å²) >= 11 is 3.23. The summed E-state index contributed by atoms with van der Waals surface area (Å²) in [6, 6.07) is 1.90. The molecule has 0 radical (unpaired) electrons. The third-order valence-corrected chi connectivity index (χ3v) is 4.09. The predicted octanol–water partition coefficient (Wildman–Crippen LogP) is 4.00. The van der Waals surface area contributed by atoms with E-state index in [1.54, 1.807) is 6.20 Å². The Morgan fingerprint density at radius 1 is 1.35 bits per heavy atom. The van der Waals surface area contributed by atoms with Gasteiger partial charge >= 0.3 is 0 Å². The molecular weight excluding hydrogens is 283 g/mol. The number of halogens is 2. The fourth-order valence-electron chi connectivity index (χ4n) is 2.47. The van der Waals surface area contributed by atoms with Gasteiger partial charge in [-0.15, -0.1) is 0 Å². The maximum atomic E-state index is 13.8. The Balaban J connectivity index is 2.11. The van der Waals surface area contributed by atoms with Gasteiger partial charge in [-0.05, 0) is 53.6 Å². The van der Waals surface area contributed by atoms with Gasteiger partial charge in [0, 0.05) is 23.8 Å².